The highest BCUT2D eigenvalue weighted by atomic mass is 32.1. The minimum atomic E-state index is 0.529. The van der Waals surface area contributed by atoms with Gasteiger partial charge < -0.3 is 0 Å². The lowest BCUT2D eigenvalue weighted by atomic mass is 10.0. The first-order valence-electron chi connectivity index (χ1n) is 6.89. The van der Waals surface area contributed by atoms with Crippen LogP contribution in [0, 0.1) is 13.8 Å². The van der Waals surface area contributed by atoms with Crippen LogP contribution in [0.15, 0.2) is 41.0 Å². The topological polar surface area (TPSA) is 50.5 Å². The van der Waals surface area contributed by atoms with Gasteiger partial charge in [-0.3, -0.25) is 4.98 Å². The lowest BCUT2D eigenvalue weighted by molar-refractivity contribution is 1.08. The van der Waals surface area contributed by atoms with Crippen LogP contribution in [-0.4, -0.2) is 9.97 Å². The fraction of sp³-hybridized carbons (Fsp3) is 0.250. The zero-order chi connectivity index (χ0) is 14.8. The summed E-state index contributed by atoms with van der Waals surface area (Å²) in [5, 5.41) is 9.96. The molecule has 106 valence electrons. The van der Waals surface area contributed by atoms with E-state index in [9.17, 15) is 0 Å². The summed E-state index contributed by atoms with van der Waals surface area (Å²) in [6.45, 7) is 6.42. The van der Waals surface area contributed by atoms with E-state index in [1.807, 2.05) is 0 Å². The van der Waals surface area contributed by atoms with Gasteiger partial charge in [-0.2, -0.15) is 0 Å². The van der Waals surface area contributed by atoms with Gasteiger partial charge in [0.2, 0.25) is 0 Å². The van der Waals surface area contributed by atoms with Crippen molar-refractivity contribution in [2.45, 2.75) is 27.2 Å². The summed E-state index contributed by atoms with van der Waals surface area (Å²) in [7, 11) is 0. The summed E-state index contributed by atoms with van der Waals surface area (Å²) in [5.74, 6) is 0.529. The van der Waals surface area contributed by atoms with Crippen molar-refractivity contribution in [1.29, 1.82) is 0 Å². The monoisotopic (exact) mass is 296 g/mol. The Morgan fingerprint density at radius 2 is 2.00 bits per heavy atom. The van der Waals surface area contributed by atoms with Crippen molar-refractivity contribution in [2.75, 3.05) is 0 Å². The molecule has 0 atom stereocenters. The molecule has 3 aromatic rings. The predicted molar refractivity (Wildman–Crippen MR) is 86.9 cm³/mol. The van der Waals surface area contributed by atoms with Gasteiger partial charge >= 0.3 is 0 Å². The molecule has 0 spiro atoms. The molecule has 0 aliphatic rings. The number of benzene rings is 1. The minimum absolute atomic E-state index is 0.529. The number of fused-ring (bicyclic) bond motifs is 1. The third-order valence-corrected chi connectivity index (χ3v) is 4.43. The predicted octanol–water partition coefficient (Wildman–Crippen LogP) is 5.29. The Morgan fingerprint density at radius 1 is 1.14 bits per heavy atom. The van der Waals surface area contributed by atoms with Gasteiger partial charge in [0.05, 0.1) is 10.9 Å². The Morgan fingerprint density at radius 3 is 2.71 bits per heavy atom. The normalized spacial score (nSPS) is 11.6. The SMILES string of the molecule is CCc1cc(C)c2cc(C)sc2c1/N=N/c1cnccn1. The summed E-state index contributed by atoms with van der Waals surface area (Å²) in [6, 6.07) is 4.43. The highest BCUT2D eigenvalue weighted by Crippen LogP contribution is 2.39. The van der Waals surface area contributed by atoms with Gasteiger partial charge in [0.15, 0.2) is 5.82 Å². The van der Waals surface area contributed by atoms with Crippen LogP contribution in [0.5, 0.6) is 0 Å². The number of hydrogen-bond donors (Lipinski definition) is 0. The lowest BCUT2D eigenvalue weighted by Crippen LogP contribution is -1.85. The summed E-state index contributed by atoms with van der Waals surface area (Å²) >= 11 is 1.77. The van der Waals surface area contributed by atoms with Gasteiger partial charge in [0, 0.05) is 17.3 Å². The molecule has 2 aromatic heterocycles. The molecule has 0 bridgehead atoms. The van der Waals surface area contributed by atoms with Gasteiger partial charge in [-0.1, -0.05) is 13.0 Å². The van der Waals surface area contributed by atoms with Crippen molar-refractivity contribution in [2.24, 2.45) is 10.2 Å². The molecule has 0 aliphatic carbocycles. The molecule has 0 saturated carbocycles. The first-order chi connectivity index (χ1) is 10.2. The minimum Gasteiger partial charge on any atom is -0.259 e. The fourth-order valence-corrected chi connectivity index (χ4v) is 3.46. The third kappa shape index (κ3) is 2.69. The first-order valence-corrected chi connectivity index (χ1v) is 7.71. The van der Waals surface area contributed by atoms with Gasteiger partial charge in [0.1, 0.15) is 5.69 Å². The maximum Gasteiger partial charge on any atom is 0.192 e. The molecule has 1 aromatic carbocycles. The number of aromatic nitrogens is 2. The van der Waals surface area contributed by atoms with Crippen LogP contribution in [0.2, 0.25) is 0 Å². The summed E-state index contributed by atoms with van der Waals surface area (Å²) in [4.78, 5) is 9.43. The van der Waals surface area contributed by atoms with Crippen molar-refractivity contribution in [3.05, 3.63) is 46.7 Å². The number of hydrogen-bond acceptors (Lipinski definition) is 5. The molecule has 2 heterocycles. The number of aryl methyl sites for hydroxylation is 3. The molecule has 0 fully saturated rings. The third-order valence-electron chi connectivity index (χ3n) is 3.37. The Kier molecular flexibility index (Phi) is 3.75. The van der Waals surface area contributed by atoms with E-state index in [4.69, 9.17) is 0 Å². The Hall–Kier alpha value is -2.14. The van der Waals surface area contributed by atoms with Gasteiger partial charge in [-0.05, 0) is 42.8 Å². The highest BCUT2D eigenvalue weighted by molar-refractivity contribution is 7.19. The van der Waals surface area contributed by atoms with Crippen molar-refractivity contribution in [1.82, 2.24) is 9.97 Å². The average Bonchev–Trinajstić information content (AvgIpc) is 2.89. The largest absolute Gasteiger partial charge is 0.259 e. The van der Waals surface area contributed by atoms with Crippen LogP contribution in [0.1, 0.15) is 22.9 Å². The van der Waals surface area contributed by atoms with E-state index in [-0.39, 0.29) is 0 Å². The molecule has 5 heteroatoms. The van der Waals surface area contributed by atoms with E-state index < -0.39 is 0 Å². The average molecular weight is 296 g/mol. The van der Waals surface area contributed by atoms with Gasteiger partial charge in [-0.15, -0.1) is 21.6 Å². The molecule has 0 saturated heterocycles. The zero-order valence-corrected chi connectivity index (χ0v) is 13.1. The van der Waals surface area contributed by atoms with Crippen molar-refractivity contribution in [3.8, 4) is 0 Å². The molecule has 3 rings (SSSR count). The quantitative estimate of drug-likeness (QED) is 0.617. The Bertz CT molecular complexity index is 806. The van der Waals surface area contributed by atoms with Gasteiger partial charge in [0.25, 0.3) is 0 Å². The summed E-state index contributed by atoms with van der Waals surface area (Å²) < 4.78 is 1.21. The van der Waals surface area contributed by atoms with Crippen LogP contribution in [0.25, 0.3) is 10.1 Å². The second-order valence-corrected chi connectivity index (χ2v) is 6.17. The lowest BCUT2D eigenvalue weighted by Gasteiger charge is -2.06. The van der Waals surface area contributed by atoms with Crippen LogP contribution in [0.4, 0.5) is 11.5 Å². The van der Waals surface area contributed by atoms with Crippen molar-refractivity contribution >= 4 is 32.9 Å². The maximum atomic E-state index is 4.46. The molecule has 21 heavy (non-hydrogen) atoms. The van der Waals surface area contributed by atoms with Gasteiger partial charge in [-0.25, -0.2) is 4.98 Å². The van der Waals surface area contributed by atoms with Crippen molar-refractivity contribution in [3.63, 3.8) is 0 Å². The highest BCUT2D eigenvalue weighted by Gasteiger charge is 2.12. The van der Waals surface area contributed by atoms with Crippen LogP contribution in [-0.2, 0) is 6.42 Å². The van der Waals surface area contributed by atoms with Crippen LogP contribution >= 0.6 is 11.3 Å². The second-order valence-electron chi connectivity index (χ2n) is 4.92. The standard InChI is InChI=1S/C16H16N4S/c1-4-12-7-10(2)13-8-11(3)21-16(13)15(12)20-19-14-9-17-5-6-18-14/h5-9H,4H2,1-3H3/b20-19+. The zero-order valence-electron chi connectivity index (χ0n) is 12.3. The fourth-order valence-electron chi connectivity index (χ4n) is 2.36. The molecule has 0 unspecified atom stereocenters. The van der Waals surface area contributed by atoms with E-state index in [1.165, 1.54) is 26.1 Å². The molecular weight excluding hydrogens is 280 g/mol. The number of thiophene rings is 1. The molecule has 0 radical (unpaired) electrons. The van der Waals surface area contributed by atoms with E-state index in [0.717, 1.165) is 12.1 Å². The van der Waals surface area contributed by atoms with E-state index >= 15 is 0 Å². The second kappa shape index (κ2) is 5.69. The van der Waals surface area contributed by atoms with E-state index in [1.54, 1.807) is 29.9 Å². The van der Waals surface area contributed by atoms with Crippen LogP contribution < -0.4 is 0 Å². The molecule has 0 N–H and O–H groups in total. The van der Waals surface area contributed by atoms with E-state index in [2.05, 4.69) is 53.1 Å². The molecule has 4 nitrogen and oxygen atoms in total. The Labute approximate surface area is 127 Å². The number of azo groups is 1. The first kappa shape index (κ1) is 13.8. The molecule has 0 aliphatic heterocycles. The molecule has 0 amide bonds. The number of nitrogens with zero attached hydrogens (tertiary/aromatic N) is 4. The summed E-state index contributed by atoms with van der Waals surface area (Å²) in [6.07, 6.45) is 5.79. The maximum absolute atomic E-state index is 4.46. The van der Waals surface area contributed by atoms with E-state index in [0.29, 0.717) is 5.82 Å². The summed E-state index contributed by atoms with van der Waals surface area (Å²) in [5.41, 5.74) is 3.47. The molecular formula is C16H16N4S. The van der Waals surface area contributed by atoms with Crippen LogP contribution in [0.3, 0.4) is 0 Å². The smallest absolute Gasteiger partial charge is 0.192 e. The Balaban J connectivity index is 2.16. The number of rotatable bonds is 3. The van der Waals surface area contributed by atoms with Crippen molar-refractivity contribution < 1.29 is 0 Å².